The predicted molar refractivity (Wildman–Crippen MR) is 70.1 cm³/mol. The Hall–Kier alpha value is -1.38. The number of hydrogen-bond acceptors (Lipinski definition) is 4. The van der Waals surface area contributed by atoms with Gasteiger partial charge in [0.1, 0.15) is 6.04 Å². The molecule has 0 radical (unpaired) electrons. The Morgan fingerprint density at radius 2 is 2.22 bits per heavy atom. The average molecular weight is 250 g/mol. The van der Waals surface area contributed by atoms with Crippen LogP contribution in [-0.4, -0.2) is 30.0 Å². The van der Waals surface area contributed by atoms with Crippen LogP contribution in [-0.2, 0) is 17.2 Å². The molecule has 1 aromatic rings. The quantitative estimate of drug-likeness (QED) is 0.805. The van der Waals surface area contributed by atoms with Crippen LogP contribution in [0.25, 0.3) is 0 Å². The second-order valence-electron chi connectivity index (χ2n) is 5.37. The molecule has 0 saturated carbocycles. The van der Waals surface area contributed by atoms with Gasteiger partial charge in [-0.25, -0.2) is 0 Å². The molecule has 18 heavy (non-hydrogen) atoms. The fourth-order valence-electron chi connectivity index (χ4n) is 1.83. The minimum Gasteiger partial charge on any atom is -0.383 e. The van der Waals surface area contributed by atoms with Crippen molar-refractivity contribution >= 4 is 0 Å². The van der Waals surface area contributed by atoms with Crippen molar-refractivity contribution in [3.05, 3.63) is 17.5 Å². The SMILES string of the molecule is COCCNC(C#N)c1cn(C)nc1C(C)(C)C. The first-order valence-corrected chi connectivity index (χ1v) is 6.06. The number of rotatable bonds is 5. The van der Waals surface area contributed by atoms with E-state index in [-0.39, 0.29) is 11.5 Å². The monoisotopic (exact) mass is 250 g/mol. The Bertz CT molecular complexity index is 425. The van der Waals surface area contributed by atoms with E-state index in [2.05, 4.69) is 37.3 Å². The number of nitrogens with zero attached hydrogens (tertiary/aromatic N) is 3. The fourth-order valence-corrected chi connectivity index (χ4v) is 1.83. The molecule has 1 unspecified atom stereocenters. The normalized spacial score (nSPS) is 13.3. The van der Waals surface area contributed by atoms with E-state index in [9.17, 15) is 5.26 Å². The largest absolute Gasteiger partial charge is 0.383 e. The number of methoxy groups -OCH3 is 1. The van der Waals surface area contributed by atoms with E-state index in [1.54, 1.807) is 11.8 Å². The minimum atomic E-state index is -0.344. The van der Waals surface area contributed by atoms with Crippen LogP contribution in [0.15, 0.2) is 6.20 Å². The highest BCUT2D eigenvalue weighted by molar-refractivity contribution is 5.31. The molecule has 0 fully saturated rings. The third-order valence-corrected chi connectivity index (χ3v) is 2.66. The van der Waals surface area contributed by atoms with Crippen molar-refractivity contribution in [2.75, 3.05) is 20.3 Å². The van der Waals surface area contributed by atoms with Gasteiger partial charge in [0.15, 0.2) is 0 Å². The molecule has 1 rings (SSSR count). The summed E-state index contributed by atoms with van der Waals surface area (Å²) >= 11 is 0. The molecule has 1 N–H and O–H groups in total. The summed E-state index contributed by atoms with van der Waals surface area (Å²) in [4.78, 5) is 0. The Morgan fingerprint density at radius 3 is 2.72 bits per heavy atom. The Labute approximate surface area is 109 Å². The summed E-state index contributed by atoms with van der Waals surface area (Å²) in [5.74, 6) is 0. The van der Waals surface area contributed by atoms with E-state index >= 15 is 0 Å². The first-order valence-electron chi connectivity index (χ1n) is 6.06. The van der Waals surface area contributed by atoms with Crippen LogP contribution in [0, 0.1) is 11.3 Å². The molecule has 0 spiro atoms. The van der Waals surface area contributed by atoms with Crippen LogP contribution in [0.1, 0.15) is 38.1 Å². The molecule has 0 saturated heterocycles. The maximum absolute atomic E-state index is 9.29. The van der Waals surface area contributed by atoms with Crippen LogP contribution in [0.3, 0.4) is 0 Å². The van der Waals surface area contributed by atoms with Crippen molar-refractivity contribution in [3.8, 4) is 6.07 Å². The summed E-state index contributed by atoms with van der Waals surface area (Å²) < 4.78 is 6.74. The van der Waals surface area contributed by atoms with Gasteiger partial charge in [-0.3, -0.25) is 10.00 Å². The zero-order valence-corrected chi connectivity index (χ0v) is 11.8. The smallest absolute Gasteiger partial charge is 0.124 e. The molecule has 0 bridgehead atoms. The van der Waals surface area contributed by atoms with Crippen molar-refractivity contribution < 1.29 is 4.74 Å². The lowest BCUT2D eigenvalue weighted by atomic mass is 9.88. The van der Waals surface area contributed by atoms with Gasteiger partial charge < -0.3 is 4.74 Å². The van der Waals surface area contributed by atoms with Gasteiger partial charge in [0.2, 0.25) is 0 Å². The van der Waals surface area contributed by atoms with Crippen LogP contribution < -0.4 is 5.32 Å². The predicted octanol–water partition coefficient (Wildman–Crippen LogP) is 1.52. The molecule has 0 aliphatic heterocycles. The molecule has 5 heteroatoms. The van der Waals surface area contributed by atoms with E-state index in [1.165, 1.54) is 0 Å². The topological polar surface area (TPSA) is 62.9 Å². The first kappa shape index (κ1) is 14.7. The molecule has 0 aliphatic rings. The molecule has 1 atom stereocenters. The number of aryl methyl sites for hydroxylation is 1. The molecule has 0 amide bonds. The summed E-state index contributed by atoms with van der Waals surface area (Å²) in [6.45, 7) is 7.53. The zero-order valence-electron chi connectivity index (χ0n) is 11.8. The summed E-state index contributed by atoms with van der Waals surface area (Å²) in [5.41, 5.74) is 1.83. The lowest BCUT2D eigenvalue weighted by Gasteiger charge is -2.20. The third kappa shape index (κ3) is 3.56. The van der Waals surface area contributed by atoms with Gasteiger partial charge in [-0.2, -0.15) is 10.4 Å². The van der Waals surface area contributed by atoms with Gasteiger partial charge in [-0.1, -0.05) is 20.8 Å². The fraction of sp³-hybridized carbons (Fsp3) is 0.692. The Kier molecular flexibility index (Phi) is 4.88. The number of hydrogen-bond donors (Lipinski definition) is 1. The summed E-state index contributed by atoms with van der Waals surface area (Å²) in [5, 5.41) is 16.9. The lowest BCUT2D eigenvalue weighted by Crippen LogP contribution is -2.26. The molecule has 1 aromatic heterocycles. The lowest BCUT2D eigenvalue weighted by molar-refractivity contribution is 0.197. The number of nitriles is 1. The van der Waals surface area contributed by atoms with Gasteiger partial charge >= 0.3 is 0 Å². The van der Waals surface area contributed by atoms with E-state index in [1.807, 2.05) is 13.2 Å². The van der Waals surface area contributed by atoms with Crippen LogP contribution in [0.5, 0.6) is 0 Å². The number of nitrogens with one attached hydrogen (secondary N) is 1. The van der Waals surface area contributed by atoms with E-state index in [0.29, 0.717) is 13.2 Å². The van der Waals surface area contributed by atoms with Crippen molar-refractivity contribution in [2.24, 2.45) is 7.05 Å². The van der Waals surface area contributed by atoms with E-state index < -0.39 is 0 Å². The van der Waals surface area contributed by atoms with Gasteiger partial charge in [-0.15, -0.1) is 0 Å². The van der Waals surface area contributed by atoms with E-state index in [4.69, 9.17) is 4.74 Å². The van der Waals surface area contributed by atoms with Crippen molar-refractivity contribution in [1.29, 1.82) is 5.26 Å². The molecular formula is C13H22N4O. The second-order valence-corrected chi connectivity index (χ2v) is 5.37. The summed E-state index contributed by atoms with van der Waals surface area (Å²) in [6, 6.07) is 1.94. The van der Waals surface area contributed by atoms with Crippen molar-refractivity contribution in [1.82, 2.24) is 15.1 Å². The van der Waals surface area contributed by atoms with E-state index in [0.717, 1.165) is 11.3 Å². The summed E-state index contributed by atoms with van der Waals surface area (Å²) in [7, 11) is 3.52. The Balaban J connectivity index is 2.96. The van der Waals surface area contributed by atoms with Gasteiger partial charge in [0.25, 0.3) is 0 Å². The maximum atomic E-state index is 9.29. The van der Waals surface area contributed by atoms with Crippen molar-refractivity contribution in [2.45, 2.75) is 32.2 Å². The van der Waals surface area contributed by atoms with Crippen LogP contribution >= 0.6 is 0 Å². The van der Waals surface area contributed by atoms with Gasteiger partial charge in [-0.05, 0) is 0 Å². The van der Waals surface area contributed by atoms with Crippen LogP contribution in [0.2, 0.25) is 0 Å². The number of aromatic nitrogens is 2. The highest BCUT2D eigenvalue weighted by Crippen LogP contribution is 2.27. The van der Waals surface area contributed by atoms with Crippen molar-refractivity contribution in [3.63, 3.8) is 0 Å². The Morgan fingerprint density at radius 1 is 1.56 bits per heavy atom. The van der Waals surface area contributed by atoms with Gasteiger partial charge in [0, 0.05) is 37.9 Å². The molecule has 1 heterocycles. The maximum Gasteiger partial charge on any atom is 0.124 e. The third-order valence-electron chi connectivity index (χ3n) is 2.66. The molecule has 0 aromatic carbocycles. The molecule has 0 aliphatic carbocycles. The van der Waals surface area contributed by atoms with Crippen LogP contribution in [0.4, 0.5) is 0 Å². The molecule has 5 nitrogen and oxygen atoms in total. The highest BCUT2D eigenvalue weighted by atomic mass is 16.5. The standard InChI is InChI=1S/C13H22N4O/c1-13(2,3)12-10(9-17(4)16-12)11(8-14)15-6-7-18-5/h9,11,15H,6-7H2,1-5H3. The molecular weight excluding hydrogens is 228 g/mol. The van der Waals surface area contributed by atoms with Gasteiger partial charge in [0.05, 0.1) is 18.4 Å². The minimum absolute atomic E-state index is 0.0748. The summed E-state index contributed by atoms with van der Waals surface area (Å²) in [6.07, 6.45) is 1.91. The zero-order chi connectivity index (χ0) is 13.8. The second kappa shape index (κ2) is 5.98. The first-order chi connectivity index (χ1) is 8.40. The average Bonchev–Trinajstić information content (AvgIpc) is 2.66. The molecule has 100 valence electrons. The number of ether oxygens (including phenoxy) is 1. The highest BCUT2D eigenvalue weighted by Gasteiger charge is 2.26.